The number of rotatable bonds is 4. The highest BCUT2D eigenvalue weighted by Crippen LogP contribution is 2.39. The van der Waals surface area contributed by atoms with Gasteiger partial charge in [0.1, 0.15) is 5.82 Å². The van der Waals surface area contributed by atoms with Gasteiger partial charge in [-0.1, -0.05) is 42.5 Å². The van der Waals surface area contributed by atoms with Gasteiger partial charge in [-0.15, -0.1) is 0 Å². The molecule has 1 unspecified atom stereocenters. The van der Waals surface area contributed by atoms with Gasteiger partial charge >= 0.3 is 0 Å². The molecule has 1 aromatic heterocycles. The average molecular weight is 412 g/mol. The molecule has 8 heteroatoms. The molecule has 0 saturated carbocycles. The molecule has 3 saturated heterocycles. The Morgan fingerprint density at radius 3 is 2.38 bits per heavy atom. The van der Waals surface area contributed by atoms with Gasteiger partial charge in [-0.25, -0.2) is 17.8 Å². The Kier molecular flexibility index (Phi) is 4.31. The minimum absolute atomic E-state index is 0.0616. The monoisotopic (exact) mass is 412 g/mol. The Hall–Kier alpha value is -2.55. The van der Waals surface area contributed by atoms with E-state index in [1.54, 1.807) is 23.7 Å². The summed E-state index contributed by atoms with van der Waals surface area (Å²) >= 11 is 0. The second-order valence-corrected chi connectivity index (χ2v) is 9.59. The SMILES string of the molecule is Cn1cnc(S(=O)(=O)N2C[C@@H]3N[C@H](C2)C3c2ccc(-c3ccccc3F)cc2)c1. The minimum Gasteiger partial charge on any atom is -0.339 e. The summed E-state index contributed by atoms with van der Waals surface area (Å²) in [7, 11) is -1.82. The molecule has 6 nitrogen and oxygen atoms in total. The van der Waals surface area contributed by atoms with Crippen LogP contribution in [0.1, 0.15) is 11.5 Å². The first-order valence-corrected chi connectivity index (χ1v) is 11.0. The van der Waals surface area contributed by atoms with Gasteiger partial charge in [-0.3, -0.25) is 0 Å². The summed E-state index contributed by atoms with van der Waals surface area (Å²) in [6.07, 6.45) is 3.03. The summed E-state index contributed by atoms with van der Waals surface area (Å²) in [6, 6.07) is 14.8. The highest BCUT2D eigenvalue weighted by atomic mass is 32.2. The number of nitrogens with one attached hydrogen (secondary N) is 1. The van der Waals surface area contributed by atoms with E-state index in [1.807, 2.05) is 30.3 Å². The number of fused-ring (bicyclic) bond motifs is 2. The zero-order valence-corrected chi connectivity index (χ0v) is 16.7. The molecule has 2 bridgehead atoms. The molecule has 150 valence electrons. The van der Waals surface area contributed by atoms with Crippen molar-refractivity contribution in [2.45, 2.75) is 23.0 Å². The lowest BCUT2D eigenvalue weighted by atomic mass is 9.75. The number of imidazole rings is 1. The topological polar surface area (TPSA) is 67.2 Å². The summed E-state index contributed by atoms with van der Waals surface area (Å²) in [5.74, 6) is 0.0117. The van der Waals surface area contributed by atoms with Crippen molar-refractivity contribution < 1.29 is 12.8 Å². The number of hydrogen-bond donors (Lipinski definition) is 1. The van der Waals surface area contributed by atoms with Gasteiger partial charge in [-0.2, -0.15) is 4.31 Å². The number of halogens is 1. The third kappa shape index (κ3) is 3.08. The maximum atomic E-state index is 14.0. The molecule has 2 aromatic carbocycles. The van der Waals surface area contributed by atoms with E-state index < -0.39 is 10.0 Å². The molecule has 3 aliphatic rings. The van der Waals surface area contributed by atoms with Crippen LogP contribution >= 0.6 is 0 Å². The van der Waals surface area contributed by atoms with Crippen molar-refractivity contribution in [2.24, 2.45) is 7.05 Å². The van der Waals surface area contributed by atoms with Crippen molar-refractivity contribution >= 4 is 10.0 Å². The van der Waals surface area contributed by atoms with E-state index in [1.165, 1.54) is 22.9 Å². The average Bonchev–Trinajstić information content (AvgIpc) is 3.16. The number of nitrogens with zero attached hydrogens (tertiary/aromatic N) is 3. The van der Waals surface area contributed by atoms with E-state index in [0.717, 1.165) is 11.1 Å². The van der Waals surface area contributed by atoms with Gasteiger partial charge in [0.2, 0.25) is 0 Å². The zero-order chi connectivity index (χ0) is 20.2. The third-order valence-corrected chi connectivity index (χ3v) is 7.58. The largest absolute Gasteiger partial charge is 0.339 e. The van der Waals surface area contributed by atoms with Gasteiger partial charge in [0.05, 0.1) is 6.33 Å². The van der Waals surface area contributed by atoms with Gasteiger partial charge in [0, 0.05) is 49.9 Å². The number of aryl methyl sites for hydroxylation is 1. The van der Waals surface area contributed by atoms with E-state index in [9.17, 15) is 12.8 Å². The van der Waals surface area contributed by atoms with Crippen LogP contribution < -0.4 is 5.32 Å². The fourth-order valence-electron chi connectivity index (χ4n) is 4.39. The van der Waals surface area contributed by atoms with Crippen molar-refractivity contribution in [2.75, 3.05) is 13.1 Å². The molecule has 3 atom stereocenters. The van der Waals surface area contributed by atoms with Crippen molar-refractivity contribution in [1.29, 1.82) is 0 Å². The molecule has 3 aliphatic heterocycles. The second-order valence-electron chi connectivity index (χ2n) is 7.71. The quantitative estimate of drug-likeness (QED) is 0.714. The lowest BCUT2D eigenvalue weighted by molar-refractivity contribution is 0.101. The highest BCUT2D eigenvalue weighted by Gasteiger charge is 2.50. The van der Waals surface area contributed by atoms with Crippen molar-refractivity contribution in [3.63, 3.8) is 0 Å². The number of piperazine rings is 1. The number of benzene rings is 2. The molecule has 3 fully saturated rings. The molecule has 0 amide bonds. The molecule has 6 rings (SSSR count). The van der Waals surface area contributed by atoms with Crippen LogP contribution in [0.25, 0.3) is 11.1 Å². The van der Waals surface area contributed by atoms with E-state index in [4.69, 9.17) is 0 Å². The van der Waals surface area contributed by atoms with E-state index in [-0.39, 0.29) is 28.8 Å². The molecular formula is C21H21FN4O2S. The Morgan fingerprint density at radius 2 is 1.76 bits per heavy atom. The predicted molar refractivity (Wildman–Crippen MR) is 107 cm³/mol. The lowest BCUT2D eigenvalue weighted by Gasteiger charge is -2.54. The van der Waals surface area contributed by atoms with Gasteiger partial charge in [0.25, 0.3) is 10.0 Å². The van der Waals surface area contributed by atoms with Gasteiger partial charge < -0.3 is 9.88 Å². The molecule has 29 heavy (non-hydrogen) atoms. The maximum absolute atomic E-state index is 14.0. The standard InChI is InChI=1S/C21H21FN4O2S/c1-25-12-20(23-13-25)29(27,28)26-10-18-21(19(11-26)24-18)15-8-6-14(7-9-15)16-4-2-3-5-17(16)22/h2-9,12-13,18-19,21,24H,10-11H2,1H3/t18-,19+,21?. The van der Waals surface area contributed by atoms with Crippen LogP contribution in [0.15, 0.2) is 66.1 Å². The summed E-state index contributed by atoms with van der Waals surface area (Å²) in [5, 5.41) is 3.54. The van der Waals surface area contributed by atoms with Crippen LogP contribution in [0.5, 0.6) is 0 Å². The fourth-order valence-corrected chi connectivity index (χ4v) is 5.84. The Bertz CT molecular complexity index is 1150. The molecule has 3 aromatic rings. The molecule has 0 radical (unpaired) electrons. The van der Waals surface area contributed by atoms with E-state index in [0.29, 0.717) is 18.7 Å². The van der Waals surface area contributed by atoms with Crippen LogP contribution in [-0.4, -0.2) is 47.4 Å². The Labute approximate surface area is 169 Å². The predicted octanol–water partition coefficient (Wildman–Crippen LogP) is 2.35. The zero-order valence-electron chi connectivity index (χ0n) is 15.9. The molecule has 0 aliphatic carbocycles. The van der Waals surface area contributed by atoms with Gasteiger partial charge in [-0.05, 0) is 17.2 Å². The van der Waals surface area contributed by atoms with Crippen LogP contribution in [0.4, 0.5) is 4.39 Å². The smallest absolute Gasteiger partial charge is 0.262 e. The number of sulfonamides is 1. The van der Waals surface area contributed by atoms with Crippen molar-refractivity contribution in [1.82, 2.24) is 19.2 Å². The van der Waals surface area contributed by atoms with Crippen LogP contribution in [0.3, 0.4) is 0 Å². The lowest BCUT2D eigenvalue weighted by Crippen LogP contribution is -2.72. The first-order valence-electron chi connectivity index (χ1n) is 9.52. The number of aromatic nitrogens is 2. The molecule has 4 heterocycles. The Balaban J connectivity index is 1.33. The minimum atomic E-state index is -3.58. The van der Waals surface area contributed by atoms with Gasteiger partial charge in [0.15, 0.2) is 5.03 Å². The van der Waals surface area contributed by atoms with Crippen LogP contribution in [0.2, 0.25) is 0 Å². The van der Waals surface area contributed by atoms with E-state index in [2.05, 4.69) is 10.3 Å². The maximum Gasteiger partial charge on any atom is 0.262 e. The summed E-state index contributed by atoms with van der Waals surface area (Å²) < 4.78 is 42.8. The number of piperidine rings is 1. The summed E-state index contributed by atoms with van der Waals surface area (Å²) in [6.45, 7) is 0.824. The first-order chi connectivity index (χ1) is 13.9. The highest BCUT2D eigenvalue weighted by molar-refractivity contribution is 7.89. The molecule has 0 spiro atoms. The third-order valence-electron chi connectivity index (χ3n) is 5.86. The fraction of sp³-hybridized carbons (Fsp3) is 0.286. The van der Waals surface area contributed by atoms with Crippen LogP contribution in [0, 0.1) is 5.82 Å². The summed E-state index contributed by atoms with van der Waals surface area (Å²) in [5.41, 5.74) is 2.57. The van der Waals surface area contributed by atoms with Crippen LogP contribution in [-0.2, 0) is 17.1 Å². The number of hydrogen-bond acceptors (Lipinski definition) is 4. The van der Waals surface area contributed by atoms with Crippen molar-refractivity contribution in [3.05, 3.63) is 72.4 Å². The molecule has 1 N–H and O–H groups in total. The second kappa shape index (κ2) is 6.76. The Morgan fingerprint density at radius 1 is 1.07 bits per heavy atom. The molecular weight excluding hydrogens is 391 g/mol. The van der Waals surface area contributed by atoms with Crippen molar-refractivity contribution in [3.8, 4) is 11.1 Å². The van der Waals surface area contributed by atoms with E-state index >= 15 is 0 Å². The first kappa shape index (κ1) is 18.5. The normalized spacial score (nSPS) is 24.3. The summed E-state index contributed by atoms with van der Waals surface area (Å²) in [4.78, 5) is 4.01.